The summed E-state index contributed by atoms with van der Waals surface area (Å²) < 4.78 is 5.21. The Hall–Kier alpha value is -2.13. The lowest BCUT2D eigenvalue weighted by atomic mass is 10.2. The zero-order chi connectivity index (χ0) is 12.3. The van der Waals surface area contributed by atoms with E-state index in [4.69, 9.17) is 15.1 Å². The molecule has 1 unspecified atom stereocenters. The molecule has 0 radical (unpaired) electrons. The molecule has 1 saturated heterocycles. The van der Waals surface area contributed by atoms with Crippen molar-refractivity contribution >= 4 is 11.8 Å². The Labute approximate surface area is 98.1 Å². The molecule has 6 nitrogen and oxygen atoms in total. The van der Waals surface area contributed by atoms with Crippen molar-refractivity contribution in [2.75, 3.05) is 24.6 Å². The number of anilines is 1. The maximum absolute atomic E-state index is 10.8. The third kappa shape index (κ3) is 2.52. The van der Waals surface area contributed by atoms with Crippen molar-refractivity contribution in [2.24, 2.45) is 0 Å². The van der Waals surface area contributed by atoms with Crippen LogP contribution >= 0.6 is 0 Å². The molecule has 0 aliphatic carbocycles. The summed E-state index contributed by atoms with van der Waals surface area (Å²) in [5.74, 6) is -0.495. The molecule has 0 aromatic carbocycles. The molecular weight excluding hydrogens is 222 g/mol. The first kappa shape index (κ1) is 11.4. The average molecular weight is 233 g/mol. The molecule has 17 heavy (non-hydrogen) atoms. The molecule has 6 heteroatoms. The van der Waals surface area contributed by atoms with E-state index in [-0.39, 0.29) is 5.69 Å². The molecule has 1 aliphatic heterocycles. The number of ether oxygens (including phenoxy) is 1. The van der Waals surface area contributed by atoms with Gasteiger partial charge < -0.3 is 14.7 Å². The number of carbonyl (C=O) groups is 1. The number of hydrogen-bond acceptors (Lipinski definition) is 5. The minimum atomic E-state index is -1.06. The van der Waals surface area contributed by atoms with Crippen LogP contribution in [0.25, 0.3) is 0 Å². The Balaban J connectivity index is 2.19. The van der Waals surface area contributed by atoms with E-state index in [0.717, 1.165) is 0 Å². The molecular formula is C11H11N3O3. The molecule has 1 N–H and O–H groups in total. The predicted molar refractivity (Wildman–Crippen MR) is 58.8 cm³/mol. The topological polar surface area (TPSA) is 86.5 Å². The van der Waals surface area contributed by atoms with E-state index in [2.05, 4.69) is 4.98 Å². The lowest BCUT2D eigenvalue weighted by Gasteiger charge is -2.30. The van der Waals surface area contributed by atoms with Gasteiger partial charge in [-0.2, -0.15) is 5.26 Å². The maximum Gasteiger partial charge on any atom is 0.354 e. The van der Waals surface area contributed by atoms with Gasteiger partial charge in [0.05, 0.1) is 19.2 Å². The van der Waals surface area contributed by atoms with E-state index in [1.165, 1.54) is 6.07 Å². The largest absolute Gasteiger partial charge is 0.477 e. The summed E-state index contributed by atoms with van der Waals surface area (Å²) in [6.07, 6.45) is -0.487. The average Bonchev–Trinajstić information content (AvgIpc) is 2.39. The molecule has 2 rings (SSSR count). The van der Waals surface area contributed by atoms with Gasteiger partial charge in [-0.15, -0.1) is 0 Å². The lowest BCUT2D eigenvalue weighted by Crippen LogP contribution is -2.42. The summed E-state index contributed by atoms with van der Waals surface area (Å²) in [6.45, 7) is 1.46. The van der Waals surface area contributed by atoms with Crippen LogP contribution in [0.1, 0.15) is 10.5 Å². The molecule has 0 bridgehead atoms. The van der Waals surface area contributed by atoms with E-state index in [1.54, 1.807) is 12.1 Å². The molecule has 0 amide bonds. The summed E-state index contributed by atoms with van der Waals surface area (Å²) >= 11 is 0. The highest BCUT2D eigenvalue weighted by Gasteiger charge is 2.21. The second-order valence-corrected chi connectivity index (χ2v) is 3.62. The third-order valence-electron chi connectivity index (χ3n) is 2.49. The van der Waals surface area contributed by atoms with Crippen LogP contribution in [0.5, 0.6) is 0 Å². The standard InChI is InChI=1S/C11H11N3O3/c12-6-8-7-14(4-5-17-8)10-3-1-2-9(13-10)11(15)16/h1-3,8H,4-5,7H2,(H,15,16). The van der Waals surface area contributed by atoms with Crippen LogP contribution in [0, 0.1) is 11.3 Å². The van der Waals surface area contributed by atoms with Crippen LogP contribution in [0.2, 0.25) is 0 Å². The number of hydrogen-bond donors (Lipinski definition) is 1. The van der Waals surface area contributed by atoms with E-state index < -0.39 is 12.1 Å². The SMILES string of the molecule is N#CC1CN(c2cccc(C(=O)O)n2)CCO1. The van der Waals surface area contributed by atoms with Crippen molar-refractivity contribution in [2.45, 2.75) is 6.10 Å². The van der Waals surface area contributed by atoms with Gasteiger partial charge in [-0.25, -0.2) is 9.78 Å². The number of aromatic nitrogens is 1. The zero-order valence-electron chi connectivity index (χ0n) is 9.04. The highest BCUT2D eigenvalue weighted by Crippen LogP contribution is 2.15. The molecule has 1 aromatic heterocycles. The molecule has 1 fully saturated rings. The molecule has 0 spiro atoms. The second-order valence-electron chi connectivity index (χ2n) is 3.62. The Morgan fingerprint density at radius 3 is 3.18 bits per heavy atom. The van der Waals surface area contributed by atoms with Crippen molar-refractivity contribution < 1.29 is 14.6 Å². The van der Waals surface area contributed by atoms with E-state index in [1.807, 2.05) is 11.0 Å². The fourth-order valence-electron chi connectivity index (χ4n) is 1.65. The third-order valence-corrected chi connectivity index (χ3v) is 2.49. The number of carboxylic acid groups (broad SMARTS) is 1. The van der Waals surface area contributed by atoms with Crippen LogP contribution in [0.3, 0.4) is 0 Å². The molecule has 1 aliphatic rings. The Bertz CT molecular complexity index is 469. The minimum Gasteiger partial charge on any atom is -0.477 e. The van der Waals surface area contributed by atoms with E-state index in [9.17, 15) is 4.79 Å². The summed E-state index contributed by atoms with van der Waals surface area (Å²) in [5, 5.41) is 17.6. The second kappa shape index (κ2) is 4.80. The van der Waals surface area contributed by atoms with Gasteiger partial charge in [0.15, 0.2) is 11.8 Å². The van der Waals surface area contributed by atoms with Gasteiger partial charge in [-0.05, 0) is 12.1 Å². The number of nitriles is 1. The van der Waals surface area contributed by atoms with Crippen LogP contribution in [0.15, 0.2) is 18.2 Å². The first-order valence-electron chi connectivity index (χ1n) is 5.17. The quantitative estimate of drug-likeness (QED) is 0.800. The first-order chi connectivity index (χ1) is 8.20. The molecule has 2 heterocycles. The normalized spacial score (nSPS) is 19.7. The Morgan fingerprint density at radius 1 is 1.65 bits per heavy atom. The predicted octanol–water partition coefficient (Wildman–Crippen LogP) is 0.509. The highest BCUT2D eigenvalue weighted by atomic mass is 16.5. The van der Waals surface area contributed by atoms with Gasteiger partial charge >= 0.3 is 5.97 Å². The van der Waals surface area contributed by atoms with E-state index >= 15 is 0 Å². The van der Waals surface area contributed by atoms with Gasteiger partial charge in [0.1, 0.15) is 5.82 Å². The zero-order valence-corrected chi connectivity index (χ0v) is 9.04. The van der Waals surface area contributed by atoms with Gasteiger partial charge in [-0.3, -0.25) is 0 Å². The molecule has 1 aromatic rings. The fourth-order valence-corrected chi connectivity index (χ4v) is 1.65. The van der Waals surface area contributed by atoms with Crippen molar-refractivity contribution in [1.29, 1.82) is 5.26 Å². The number of aromatic carboxylic acids is 1. The van der Waals surface area contributed by atoms with Crippen LogP contribution < -0.4 is 4.90 Å². The number of nitrogens with zero attached hydrogens (tertiary/aromatic N) is 3. The van der Waals surface area contributed by atoms with Gasteiger partial charge in [0, 0.05) is 6.54 Å². The molecule has 88 valence electrons. The van der Waals surface area contributed by atoms with E-state index in [0.29, 0.717) is 25.5 Å². The number of carboxylic acids is 1. The number of pyridine rings is 1. The smallest absolute Gasteiger partial charge is 0.354 e. The maximum atomic E-state index is 10.8. The van der Waals surface area contributed by atoms with Crippen LogP contribution in [-0.4, -0.2) is 41.9 Å². The van der Waals surface area contributed by atoms with Crippen molar-refractivity contribution in [1.82, 2.24) is 4.98 Å². The van der Waals surface area contributed by atoms with Gasteiger partial charge in [0.2, 0.25) is 0 Å². The highest BCUT2D eigenvalue weighted by molar-refractivity contribution is 5.85. The van der Waals surface area contributed by atoms with Crippen LogP contribution in [0.4, 0.5) is 5.82 Å². The summed E-state index contributed by atoms with van der Waals surface area (Å²) in [6, 6.07) is 6.84. The number of morpholine rings is 1. The fraction of sp³-hybridized carbons (Fsp3) is 0.364. The first-order valence-corrected chi connectivity index (χ1v) is 5.17. The monoisotopic (exact) mass is 233 g/mol. The molecule has 0 saturated carbocycles. The van der Waals surface area contributed by atoms with Crippen molar-refractivity contribution in [3.63, 3.8) is 0 Å². The minimum absolute atomic E-state index is 0.00231. The van der Waals surface area contributed by atoms with Crippen molar-refractivity contribution in [3.8, 4) is 6.07 Å². The Morgan fingerprint density at radius 2 is 2.47 bits per heavy atom. The van der Waals surface area contributed by atoms with Crippen molar-refractivity contribution in [3.05, 3.63) is 23.9 Å². The summed E-state index contributed by atoms with van der Waals surface area (Å²) in [4.78, 5) is 16.7. The summed E-state index contributed by atoms with van der Waals surface area (Å²) in [7, 11) is 0. The van der Waals surface area contributed by atoms with Gasteiger partial charge in [0.25, 0.3) is 0 Å². The molecule has 1 atom stereocenters. The summed E-state index contributed by atoms with van der Waals surface area (Å²) in [5.41, 5.74) is 0.00231. The lowest BCUT2D eigenvalue weighted by molar-refractivity contribution is 0.0690. The van der Waals surface area contributed by atoms with Gasteiger partial charge in [-0.1, -0.05) is 6.07 Å². The number of rotatable bonds is 2. The Kier molecular flexibility index (Phi) is 3.21. The van der Waals surface area contributed by atoms with Crippen LogP contribution in [-0.2, 0) is 4.74 Å².